The number of hydrogen-bond acceptors (Lipinski definition) is 5. The molecular weight excluding hydrogens is 423 g/mol. The van der Waals surface area contributed by atoms with Gasteiger partial charge in [0.05, 0.1) is 19.8 Å². The molecule has 33 heavy (non-hydrogen) atoms. The number of amides is 1. The number of carbonyl (C=O) groups excluding carboxylic acids is 1. The fourth-order valence-electron chi connectivity index (χ4n) is 4.11. The molecule has 1 aromatic heterocycles. The average molecular weight is 453 g/mol. The van der Waals surface area contributed by atoms with Crippen LogP contribution >= 0.6 is 0 Å². The summed E-state index contributed by atoms with van der Waals surface area (Å²) in [4.78, 5) is 16.9. The van der Waals surface area contributed by atoms with Gasteiger partial charge in [-0.2, -0.15) is 0 Å². The second-order valence-electron chi connectivity index (χ2n) is 8.08. The van der Waals surface area contributed by atoms with E-state index >= 15 is 0 Å². The summed E-state index contributed by atoms with van der Waals surface area (Å²) in [5.74, 6) is 2.59. The minimum Gasteiger partial charge on any atom is -0.497 e. The number of benzene rings is 2. The first-order valence-corrected chi connectivity index (χ1v) is 11.1. The van der Waals surface area contributed by atoms with Crippen LogP contribution in [0.15, 0.2) is 59.0 Å². The fraction of sp³-hybridized carbons (Fsp3) is 0.346. The van der Waals surface area contributed by atoms with E-state index in [0.717, 1.165) is 36.7 Å². The lowest BCUT2D eigenvalue weighted by Crippen LogP contribution is -2.48. The number of rotatable bonds is 8. The Bertz CT molecular complexity index is 1090. The minimum absolute atomic E-state index is 0.109. The molecule has 1 aliphatic rings. The van der Waals surface area contributed by atoms with Crippen LogP contribution in [0.25, 0.3) is 11.3 Å². The molecule has 7 heteroatoms. The molecular formula is C26H29FN2O4. The van der Waals surface area contributed by atoms with Crippen molar-refractivity contribution in [2.75, 3.05) is 40.4 Å². The maximum atomic E-state index is 14.0. The third-order valence-corrected chi connectivity index (χ3v) is 5.99. The Morgan fingerprint density at radius 3 is 2.52 bits per heavy atom. The van der Waals surface area contributed by atoms with E-state index in [1.54, 1.807) is 38.5 Å². The zero-order valence-electron chi connectivity index (χ0n) is 19.1. The van der Waals surface area contributed by atoms with Crippen LogP contribution in [0.1, 0.15) is 17.7 Å². The number of piperazine rings is 1. The molecule has 2 heterocycles. The molecule has 6 nitrogen and oxygen atoms in total. The van der Waals surface area contributed by atoms with Gasteiger partial charge in [-0.05, 0) is 42.5 Å². The highest BCUT2D eigenvalue weighted by atomic mass is 19.1. The van der Waals surface area contributed by atoms with Crippen LogP contribution in [0.4, 0.5) is 4.39 Å². The van der Waals surface area contributed by atoms with Crippen molar-refractivity contribution in [2.24, 2.45) is 0 Å². The summed E-state index contributed by atoms with van der Waals surface area (Å²) in [6.45, 7) is 3.70. The lowest BCUT2D eigenvalue weighted by molar-refractivity contribution is -0.133. The SMILES string of the molecule is COc1ccc(OC)c(CN2CCN(C(=O)CCc3ccc(-c4ccccc4F)o3)CC2)c1. The third-order valence-electron chi connectivity index (χ3n) is 5.99. The molecule has 0 radical (unpaired) electrons. The van der Waals surface area contributed by atoms with Crippen LogP contribution in [0.2, 0.25) is 0 Å². The van der Waals surface area contributed by atoms with Gasteiger partial charge in [0.15, 0.2) is 0 Å². The molecule has 1 aliphatic heterocycles. The first-order valence-electron chi connectivity index (χ1n) is 11.1. The maximum Gasteiger partial charge on any atom is 0.223 e. The summed E-state index contributed by atoms with van der Waals surface area (Å²) >= 11 is 0. The molecule has 1 fully saturated rings. The molecule has 0 bridgehead atoms. The van der Waals surface area contributed by atoms with E-state index in [4.69, 9.17) is 13.9 Å². The van der Waals surface area contributed by atoms with E-state index in [0.29, 0.717) is 43.0 Å². The van der Waals surface area contributed by atoms with Gasteiger partial charge in [-0.15, -0.1) is 0 Å². The molecule has 0 unspecified atom stereocenters. The van der Waals surface area contributed by atoms with E-state index in [1.807, 2.05) is 29.2 Å². The van der Waals surface area contributed by atoms with E-state index < -0.39 is 0 Å². The van der Waals surface area contributed by atoms with Crippen LogP contribution in [-0.4, -0.2) is 56.1 Å². The number of nitrogens with zero attached hydrogens (tertiary/aromatic N) is 2. The summed E-state index contributed by atoms with van der Waals surface area (Å²) in [5, 5.41) is 0. The zero-order valence-corrected chi connectivity index (χ0v) is 19.1. The normalized spacial score (nSPS) is 14.3. The Morgan fingerprint density at radius 1 is 1.00 bits per heavy atom. The van der Waals surface area contributed by atoms with Gasteiger partial charge in [0.2, 0.25) is 5.91 Å². The Morgan fingerprint density at radius 2 is 1.79 bits per heavy atom. The van der Waals surface area contributed by atoms with Gasteiger partial charge < -0.3 is 18.8 Å². The smallest absolute Gasteiger partial charge is 0.223 e. The zero-order chi connectivity index (χ0) is 23.2. The standard InChI is InChI=1S/C26H29FN2O4/c1-31-21-8-10-24(32-2)19(17-21)18-28-13-15-29(16-14-28)26(30)12-9-20-7-11-25(33-20)22-5-3-4-6-23(22)27/h3-8,10-11,17H,9,12-16,18H2,1-2H3. The highest BCUT2D eigenvalue weighted by Crippen LogP contribution is 2.27. The van der Waals surface area contributed by atoms with Gasteiger partial charge in [0, 0.05) is 51.1 Å². The molecule has 0 N–H and O–H groups in total. The van der Waals surface area contributed by atoms with Crippen LogP contribution in [-0.2, 0) is 17.8 Å². The number of ether oxygens (including phenoxy) is 2. The highest BCUT2D eigenvalue weighted by molar-refractivity contribution is 5.76. The van der Waals surface area contributed by atoms with Crippen molar-refractivity contribution in [3.05, 3.63) is 71.7 Å². The van der Waals surface area contributed by atoms with Gasteiger partial charge >= 0.3 is 0 Å². The van der Waals surface area contributed by atoms with Crippen LogP contribution in [0.3, 0.4) is 0 Å². The maximum absolute atomic E-state index is 14.0. The molecule has 2 aromatic carbocycles. The van der Waals surface area contributed by atoms with Crippen molar-refractivity contribution in [3.63, 3.8) is 0 Å². The Kier molecular flexibility index (Phi) is 7.29. The van der Waals surface area contributed by atoms with E-state index in [1.165, 1.54) is 6.07 Å². The van der Waals surface area contributed by atoms with Crippen molar-refractivity contribution in [3.8, 4) is 22.8 Å². The Labute approximate surface area is 193 Å². The van der Waals surface area contributed by atoms with Gasteiger partial charge in [0.25, 0.3) is 0 Å². The van der Waals surface area contributed by atoms with Crippen molar-refractivity contribution >= 4 is 5.91 Å². The van der Waals surface area contributed by atoms with Crippen molar-refractivity contribution < 1.29 is 23.1 Å². The minimum atomic E-state index is -0.320. The number of hydrogen-bond donors (Lipinski definition) is 0. The lowest BCUT2D eigenvalue weighted by Gasteiger charge is -2.35. The van der Waals surface area contributed by atoms with Gasteiger partial charge in [-0.3, -0.25) is 9.69 Å². The van der Waals surface area contributed by atoms with Crippen LogP contribution in [0, 0.1) is 5.82 Å². The van der Waals surface area contributed by atoms with Crippen LogP contribution < -0.4 is 9.47 Å². The lowest BCUT2D eigenvalue weighted by atomic mass is 10.1. The molecule has 174 valence electrons. The van der Waals surface area contributed by atoms with Gasteiger partial charge in [0.1, 0.15) is 28.8 Å². The van der Waals surface area contributed by atoms with Crippen LogP contribution in [0.5, 0.6) is 11.5 Å². The molecule has 0 saturated carbocycles. The predicted octanol–water partition coefficient (Wildman–Crippen LogP) is 4.38. The molecule has 0 aliphatic carbocycles. The Hall–Kier alpha value is -3.32. The number of carbonyl (C=O) groups is 1. The summed E-state index contributed by atoms with van der Waals surface area (Å²) in [5.41, 5.74) is 1.50. The number of methoxy groups -OCH3 is 2. The van der Waals surface area contributed by atoms with Gasteiger partial charge in [-0.25, -0.2) is 4.39 Å². The van der Waals surface area contributed by atoms with Crippen molar-refractivity contribution in [2.45, 2.75) is 19.4 Å². The first kappa shape index (κ1) is 22.9. The fourth-order valence-corrected chi connectivity index (χ4v) is 4.11. The molecule has 3 aromatic rings. The second-order valence-corrected chi connectivity index (χ2v) is 8.08. The third kappa shape index (κ3) is 5.54. The Balaban J connectivity index is 1.27. The predicted molar refractivity (Wildman–Crippen MR) is 124 cm³/mol. The van der Waals surface area contributed by atoms with Crippen molar-refractivity contribution in [1.29, 1.82) is 0 Å². The van der Waals surface area contributed by atoms with Crippen molar-refractivity contribution in [1.82, 2.24) is 9.80 Å². The summed E-state index contributed by atoms with van der Waals surface area (Å²) in [6, 6.07) is 15.9. The first-order chi connectivity index (χ1) is 16.1. The summed E-state index contributed by atoms with van der Waals surface area (Å²) in [6.07, 6.45) is 0.864. The quantitative estimate of drug-likeness (QED) is 0.508. The second kappa shape index (κ2) is 10.5. The summed E-state index contributed by atoms with van der Waals surface area (Å²) < 4.78 is 30.5. The molecule has 0 spiro atoms. The largest absolute Gasteiger partial charge is 0.497 e. The van der Waals surface area contributed by atoms with Gasteiger partial charge in [-0.1, -0.05) is 12.1 Å². The number of halogens is 1. The average Bonchev–Trinajstić information content (AvgIpc) is 3.32. The van der Waals surface area contributed by atoms with E-state index in [9.17, 15) is 9.18 Å². The number of aryl methyl sites for hydroxylation is 1. The molecule has 1 saturated heterocycles. The monoisotopic (exact) mass is 452 g/mol. The summed E-state index contributed by atoms with van der Waals surface area (Å²) in [7, 11) is 3.32. The van der Waals surface area contributed by atoms with E-state index in [2.05, 4.69) is 4.90 Å². The molecule has 0 atom stereocenters. The topological polar surface area (TPSA) is 55.2 Å². The number of furan rings is 1. The van der Waals surface area contributed by atoms with E-state index in [-0.39, 0.29) is 11.7 Å². The molecule has 4 rings (SSSR count). The highest BCUT2D eigenvalue weighted by Gasteiger charge is 2.22. The molecule has 1 amide bonds.